The molecular formula is C19H19NO4. The van der Waals surface area contributed by atoms with Crippen LogP contribution in [0.25, 0.3) is 10.8 Å². The maximum absolute atomic E-state index is 12.2. The number of amides is 1. The Kier molecular flexibility index (Phi) is 4.89. The molecule has 0 unspecified atom stereocenters. The predicted octanol–water partition coefficient (Wildman–Crippen LogP) is 2.62. The zero-order valence-corrected chi connectivity index (χ0v) is 13.3. The van der Waals surface area contributed by atoms with Crippen LogP contribution in [-0.4, -0.2) is 30.3 Å². The summed E-state index contributed by atoms with van der Waals surface area (Å²) in [5, 5.41) is 4.55. The van der Waals surface area contributed by atoms with Crippen LogP contribution in [0.15, 0.2) is 42.5 Å². The summed E-state index contributed by atoms with van der Waals surface area (Å²) in [5.74, 6) is -0.951. The zero-order chi connectivity index (χ0) is 16.9. The Morgan fingerprint density at radius 3 is 2.67 bits per heavy atom. The summed E-state index contributed by atoms with van der Waals surface area (Å²) in [4.78, 5) is 35.6. The van der Waals surface area contributed by atoms with Gasteiger partial charge in [-0.05, 0) is 42.2 Å². The first kappa shape index (κ1) is 16.2. The summed E-state index contributed by atoms with van der Waals surface area (Å²) in [6.07, 6.45) is 2.12. The van der Waals surface area contributed by atoms with Gasteiger partial charge in [0.25, 0.3) is 5.91 Å². The molecule has 1 atom stereocenters. The van der Waals surface area contributed by atoms with Crippen LogP contribution >= 0.6 is 0 Å². The average molecular weight is 325 g/mol. The molecule has 1 fully saturated rings. The highest BCUT2D eigenvalue weighted by atomic mass is 16.5. The van der Waals surface area contributed by atoms with Crippen LogP contribution in [0.5, 0.6) is 0 Å². The fourth-order valence-electron chi connectivity index (χ4n) is 2.86. The molecule has 2 aromatic rings. The van der Waals surface area contributed by atoms with E-state index in [-0.39, 0.29) is 18.2 Å². The van der Waals surface area contributed by atoms with Gasteiger partial charge in [0.2, 0.25) is 0 Å². The van der Waals surface area contributed by atoms with Gasteiger partial charge in [0.15, 0.2) is 11.9 Å². The first-order valence-electron chi connectivity index (χ1n) is 8.13. The summed E-state index contributed by atoms with van der Waals surface area (Å²) in [5.41, 5.74) is 0.482. The van der Waals surface area contributed by atoms with Crippen molar-refractivity contribution in [3.63, 3.8) is 0 Å². The van der Waals surface area contributed by atoms with Crippen LogP contribution in [-0.2, 0) is 14.3 Å². The van der Waals surface area contributed by atoms with E-state index in [1.807, 2.05) is 30.3 Å². The van der Waals surface area contributed by atoms with E-state index in [4.69, 9.17) is 4.74 Å². The molecule has 0 aromatic heterocycles. The second-order valence-corrected chi connectivity index (χ2v) is 5.94. The van der Waals surface area contributed by atoms with Gasteiger partial charge in [0.1, 0.15) is 6.54 Å². The van der Waals surface area contributed by atoms with E-state index in [1.54, 1.807) is 12.1 Å². The molecule has 0 radical (unpaired) electrons. The fourth-order valence-corrected chi connectivity index (χ4v) is 2.86. The van der Waals surface area contributed by atoms with E-state index in [2.05, 4.69) is 5.32 Å². The monoisotopic (exact) mass is 325 g/mol. The molecule has 0 bridgehead atoms. The van der Waals surface area contributed by atoms with E-state index >= 15 is 0 Å². The van der Waals surface area contributed by atoms with Crippen molar-refractivity contribution in [3.05, 3.63) is 48.0 Å². The third-order valence-electron chi connectivity index (χ3n) is 4.18. The lowest BCUT2D eigenvalue weighted by molar-refractivity contribution is -0.155. The molecule has 2 aromatic carbocycles. The number of hydrogen-bond acceptors (Lipinski definition) is 4. The van der Waals surface area contributed by atoms with Crippen molar-refractivity contribution >= 4 is 28.4 Å². The number of ether oxygens (including phenoxy) is 1. The third-order valence-corrected chi connectivity index (χ3v) is 4.18. The minimum absolute atomic E-state index is 0.0320. The Hall–Kier alpha value is -2.69. The van der Waals surface area contributed by atoms with Crippen molar-refractivity contribution in [2.45, 2.75) is 31.8 Å². The lowest BCUT2D eigenvalue weighted by atomic mass is 9.96. The maximum Gasteiger partial charge on any atom is 0.326 e. The molecule has 3 rings (SSSR count). The molecule has 0 aliphatic heterocycles. The molecule has 1 aliphatic carbocycles. The summed E-state index contributed by atoms with van der Waals surface area (Å²) >= 11 is 0. The first-order valence-corrected chi connectivity index (χ1v) is 8.13. The Morgan fingerprint density at radius 1 is 1.08 bits per heavy atom. The normalized spacial score (nSPS) is 17.5. The quantitative estimate of drug-likeness (QED) is 0.877. The lowest BCUT2D eigenvalue weighted by Gasteiger charge is -2.20. The van der Waals surface area contributed by atoms with E-state index in [9.17, 15) is 14.4 Å². The van der Waals surface area contributed by atoms with Crippen molar-refractivity contribution < 1.29 is 19.1 Å². The predicted molar refractivity (Wildman–Crippen MR) is 89.6 cm³/mol. The zero-order valence-electron chi connectivity index (χ0n) is 13.3. The molecule has 124 valence electrons. The van der Waals surface area contributed by atoms with Gasteiger partial charge in [-0.25, -0.2) is 0 Å². The molecular weight excluding hydrogens is 306 g/mol. The summed E-state index contributed by atoms with van der Waals surface area (Å²) in [6, 6.07) is 13.1. The van der Waals surface area contributed by atoms with Crippen molar-refractivity contribution in [2.75, 3.05) is 6.54 Å². The molecule has 1 saturated carbocycles. The smallest absolute Gasteiger partial charge is 0.326 e. The third kappa shape index (κ3) is 3.79. The molecule has 5 nitrogen and oxygen atoms in total. The second-order valence-electron chi connectivity index (χ2n) is 5.94. The number of Topliss-reactive ketones (excluding diaryl/α,β-unsaturated/α-hetero) is 1. The number of hydrogen-bond donors (Lipinski definition) is 1. The molecule has 24 heavy (non-hydrogen) atoms. The Morgan fingerprint density at radius 2 is 1.88 bits per heavy atom. The number of ketones is 1. The minimum atomic E-state index is -0.649. The van der Waals surface area contributed by atoms with E-state index < -0.39 is 12.1 Å². The van der Waals surface area contributed by atoms with Gasteiger partial charge in [0.05, 0.1) is 0 Å². The fraction of sp³-hybridized carbons (Fsp3) is 0.316. The maximum atomic E-state index is 12.2. The van der Waals surface area contributed by atoms with Gasteiger partial charge in [0, 0.05) is 12.0 Å². The Bertz CT molecular complexity index is 784. The largest absolute Gasteiger partial charge is 0.453 e. The lowest BCUT2D eigenvalue weighted by Crippen LogP contribution is -2.36. The number of nitrogens with one attached hydrogen (secondary N) is 1. The standard InChI is InChI=1S/C19H19NO4/c21-16-7-3-4-8-17(16)24-18(22)12-20-19(23)15-10-9-13-5-1-2-6-14(13)11-15/h1-2,5-6,9-11,17H,3-4,7-8,12H2,(H,20,23)/t17-/m1/s1. The van der Waals surface area contributed by atoms with Gasteiger partial charge < -0.3 is 10.1 Å². The van der Waals surface area contributed by atoms with Gasteiger partial charge in [-0.3, -0.25) is 14.4 Å². The highest BCUT2D eigenvalue weighted by Gasteiger charge is 2.25. The SMILES string of the molecule is O=C(CNC(=O)c1ccc2ccccc2c1)O[C@@H]1CCCCC1=O. The summed E-state index contributed by atoms with van der Waals surface area (Å²) in [6.45, 7) is -0.241. The highest BCUT2D eigenvalue weighted by molar-refractivity contribution is 5.99. The summed E-state index contributed by atoms with van der Waals surface area (Å²) in [7, 11) is 0. The number of fused-ring (bicyclic) bond motifs is 1. The molecule has 1 amide bonds. The summed E-state index contributed by atoms with van der Waals surface area (Å²) < 4.78 is 5.16. The van der Waals surface area contributed by atoms with Crippen LogP contribution in [0.2, 0.25) is 0 Å². The highest BCUT2D eigenvalue weighted by Crippen LogP contribution is 2.18. The molecule has 5 heteroatoms. The van der Waals surface area contributed by atoms with Crippen LogP contribution in [0.4, 0.5) is 0 Å². The average Bonchev–Trinajstić information content (AvgIpc) is 2.61. The van der Waals surface area contributed by atoms with Gasteiger partial charge >= 0.3 is 5.97 Å². The van der Waals surface area contributed by atoms with Gasteiger partial charge in [-0.15, -0.1) is 0 Å². The first-order chi connectivity index (χ1) is 11.6. The van der Waals surface area contributed by atoms with Crippen molar-refractivity contribution in [2.24, 2.45) is 0 Å². The molecule has 1 aliphatic rings. The number of rotatable bonds is 4. The second kappa shape index (κ2) is 7.25. The molecule has 0 heterocycles. The van der Waals surface area contributed by atoms with E-state index in [1.165, 1.54) is 0 Å². The molecule has 0 saturated heterocycles. The molecule has 0 spiro atoms. The van der Waals surface area contributed by atoms with Crippen LogP contribution in [0, 0.1) is 0 Å². The number of esters is 1. The van der Waals surface area contributed by atoms with Crippen LogP contribution in [0.3, 0.4) is 0 Å². The Labute approximate surface area is 140 Å². The van der Waals surface area contributed by atoms with Crippen molar-refractivity contribution in [1.82, 2.24) is 5.32 Å². The van der Waals surface area contributed by atoms with Crippen LogP contribution < -0.4 is 5.32 Å². The topological polar surface area (TPSA) is 72.5 Å². The number of carbonyl (C=O) groups excluding carboxylic acids is 3. The number of benzene rings is 2. The number of carbonyl (C=O) groups is 3. The van der Waals surface area contributed by atoms with E-state index in [0.717, 1.165) is 23.6 Å². The van der Waals surface area contributed by atoms with Crippen molar-refractivity contribution in [1.29, 1.82) is 0 Å². The van der Waals surface area contributed by atoms with E-state index in [0.29, 0.717) is 18.4 Å². The van der Waals surface area contributed by atoms with Gasteiger partial charge in [-0.2, -0.15) is 0 Å². The Balaban J connectivity index is 1.56. The van der Waals surface area contributed by atoms with Crippen molar-refractivity contribution in [3.8, 4) is 0 Å². The van der Waals surface area contributed by atoms with Gasteiger partial charge in [-0.1, -0.05) is 30.3 Å². The van der Waals surface area contributed by atoms with Crippen LogP contribution in [0.1, 0.15) is 36.0 Å². The molecule has 1 N–H and O–H groups in total. The minimum Gasteiger partial charge on any atom is -0.453 e.